The van der Waals surface area contributed by atoms with Crippen LogP contribution in [0, 0.1) is 0 Å². The predicted octanol–water partition coefficient (Wildman–Crippen LogP) is 3.87. The third-order valence-electron chi connectivity index (χ3n) is 5.05. The third kappa shape index (κ3) is 5.01. The van der Waals surface area contributed by atoms with Crippen LogP contribution in [0.25, 0.3) is 10.9 Å². The lowest BCUT2D eigenvalue weighted by atomic mass is 10.1. The highest BCUT2D eigenvalue weighted by Crippen LogP contribution is 2.26. The van der Waals surface area contributed by atoms with Crippen molar-refractivity contribution < 1.29 is 9.47 Å². The fraction of sp³-hybridized carbons (Fsp3) is 0.208. The summed E-state index contributed by atoms with van der Waals surface area (Å²) in [6.45, 7) is 0.753. The molecule has 0 fully saturated rings. The molecule has 1 aromatic carbocycles. The maximum absolute atomic E-state index is 6.26. The number of hydrogen-bond donors (Lipinski definition) is 2. The van der Waals surface area contributed by atoms with E-state index in [-0.39, 0.29) is 0 Å². The highest BCUT2D eigenvalue weighted by molar-refractivity contribution is 5.91. The Hall–Kier alpha value is -3.87. The molecule has 3 N–H and O–H groups in total. The van der Waals surface area contributed by atoms with Gasteiger partial charge in [-0.25, -0.2) is 4.98 Å². The zero-order chi connectivity index (χ0) is 21.6. The van der Waals surface area contributed by atoms with Crippen molar-refractivity contribution >= 4 is 22.4 Å². The van der Waals surface area contributed by atoms with E-state index < -0.39 is 0 Å². The summed E-state index contributed by atoms with van der Waals surface area (Å²) < 4.78 is 10.7. The molecule has 0 amide bonds. The first-order valence-corrected chi connectivity index (χ1v) is 10.0. The number of methoxy groups -OCH3 is 2. The van der Waals surface area contributed by atoms with Crippen LogP contribution < -0.4 is 20.5 Å². The lowest BCUT2D eigenvalue weighted by Gasteiger charge is -2.11. The minimum atomic E-state index is 0.630. The highest BCUT2D eigenvalue weighted by Gasteiger charge is 2.08. The Morgan fingerprint density at radius 2 is 1.68 bits per heavy atom. The van der Waals surface area contributed by atoms with Gasteiger partial charge in [-0.05, 0) is 47.9 Å². The van der Waals surface area contributed by atoms with Gasteiger partial charge in [-0.15, -0.1) is 0 Å². The topological polar surface area (TPSA) is 95.2 Å². The first-order valence-electron chi connectivity index (χ1n) is 10.0. The van der Waals surface area contributed by atoms with Crippen LogP contribution in [0.15, 0.2) is 61.1 Å². The Labute approximate surface area is 181 Å². The molecule has 7 nitrogen and oxygen atoms in total. The van der Waals surface area contributed by atoms with E-state index in [0.717, 1.165) is 52.4 Å². The van der Waals surface area contributed by atoms with E-state index in [4.69, 9.17) is 20.2 Å². The van der Waals surface area contributed by atoms with Crippen molar-refractivity contribution in [3.05, 3.63) is 77.9 Å². The molecule has 0 aliphatic carbocycles. The SMILES string of the molecule is COc1cc(Cc2cc3nc(NCCc4ccncc4)cc(N)c3cn2)cc(OC)c1. The maximum atomic E-state index is 6.26. The van der Waals surface area contributed by atoms with E-state index in [1.165, 1.54) is 5.56 Å². The Morgan fingerprint density at radius 1 is 0.935 bits per heavy atom. The molecule has 0 atom stereocenters. The van der Waals surface area contributed by atoms with Crippen molar-refractivity contribution in [3.8, 4) is 11.5 Å². The number of benzene rings is 1. The maximum Gasteiger partial charge on any atom is 0.128 e. The van der Waals surface area contributed by atoms with Crippen LogP contribution in [0.4, 0.5) is 11.5 Å². The van der Waals surface area contributed by atoms with E-state index >= 15 is 0 Å². The van der Waals surface area contributed by atoms with Gasteiger partial charge in [0.2, 0.25) is 0 Å². The largest absolute Gasteiger partial charge is 0.497 e. The molecule has 0 saturated carbocycles. The lowest BCUT2D eigenvalue weighted by molar-refractivity contribution is 0.393. The molecule has 31 heavy (non-hydrogen) atoms. The summed E-state index contributed by atoms with van der Waals surface area (Å²) in [5.41, 5.74) is 10.9. The average molecular weight is 415 g/mol. The molecule has 0 radical (unpaired) electrons. The molecule has 0 saturated heterocycles. The molecule has 158 valence electrons. The molecule has 3 heterocycles. The number of fused-ring (bicyclic) bond motifs is 1. The van der Waals surface area contributed by atoms with Crippen molar-refractivity contribution in [1.29, 1.82) is 0 Å². The molecular weight excluding hydrogens is 390 g/mol. The second-order valence-electron chi connectivity index (χ2n) is 7.22. The summed E-state index contributed by atoms with van der Waals surface area (Å²) in [6, 6.07) is 13.7. The number of nitrogens with zero attached hydrogens (tertiary/aromatic N) is 3. The first kappa shape index (κ1) is 20.4. The third-order valence-corrected chi connectivity index (χ3v) is 5.05. The molecule has 0 unspecified atom stereocenters. The van der Waals surface area contributed by atoms with E-state index in [9.17, 15) is 0 Å². The summed E-state index contributed by atoms with van der Waals surface area (Å²) in [5, 5.41) is 4.20. The number of aromatic nitrogens is 3. The van der Waals surface area contributed by atoms with Gasteiger partial charge in [0.05, 0.1) is 19.7 Å². The van der Waals surface area contributed by atoms with Crippen LogP contribution >= 0.6 is 0 Å². The first-order chi connectivity index (χ1) is 15.1. The highest BCUT2D eigenvalue weighted by atomic mass is 16.5. The summed E-state index contributed by atoms with van der Waals surface area (Å²) in [6.07, 6.45) is 6.89. The van der Waals surface area contributed by atoms with Gasteiger partial charge in [0.25, 0.3) is 0 Å². The molecule has 0 aliphatic rings. The number of nitrogens with two attached hydrogens (primary N) is 1. The molecule has 4 rings (SSSR count). The zero-order valence-electron chi connectivity index (χ0n) is 17.6. The summed E-state index contributed by atoms with van der Waals surface area (Å²) in [7, 11) is 3.28. The monoisotopic (exact) mass is 415 g/mol. The van der Waals surface area contributed by atoms with E-state index in [0.29, 0.717) is 12.1 Å². The van der Waals surface area contributed by atoms with Gasteiger partial charge < -0.3 is 20.5 Å². The molecule has 0 spiro atoms. The number of pyridine rings is 3. The van der Waals surface area contributed by atoms with Gasteiger partial charge in [0, 0.05) is 60.5 Å². The predicted molar refractivity (Wildman–Crippen MR) is 123 cm³/mol. The van der Waals surface area contributed by atoms with Gasteiger partial charge >= 0.3 is 0 Å². The molecule has 3 aromatic heterocycles. The second kappa shape index (κ2) is 9.30. The zero-order valence-corrected chi connectivity index (χ0v) is 17.6. The summed E-state index contributed by atoms with van der Waals surface area (Å²) >= 11 is 0. The molecule has 7 heteroatoms. The summed E-state index contributed by atoms with van der Waals surface area (Å²) in [5.74, 6) is 2.25. The van der Waals surface area contributed by atoms with Crippen LogP contribution in [-0.2, 0) is 12.8 Å². The minimum absolute atomic E-state index is 0.630. The number of anilines is 2. The number of ether oxygens (including phenoxy) is 2. The van der Waals surface area contributed by atoms with Gasteiger partial charge in [-0.2, -0.15) is 0 Å². The van der Waals surface area contributed by atoms with Crippen molar-refractivity contribution in [3.63, 3.8) is 0 Å². The van der Waals surface area contributed by atoms with Crippen LogP contribution in [-0.4, -0.2) is 35.7 Å². The number of hydrogen-bond acceptors (Lipinski definition) is 7. The van der Waals surface area contributed by atoms with Gasteiger partial charge in [0.1, 0.15) is 17.3 Å². The Kier molecular flexibility index (Phi) is 6.12. The second-order valence-corrected chi connectivity index (χ2v) is 7.22. The average Bonchev–Trinajstić information content (AvgIpc) is 2.79. The van der Waals surface area contributed by atoms with Crippen molar-refractivity contribution in [2.75, 3.05) is 31.8 Å². The Bertz CT molecular complexity index is 1160. The van der Waals surface area contributed by atoms with Gasteiger partial charge in [-0.3, -0.25) is 9.97 Å². The van der Waals surface area contributed by atoms with Crippen molar-refractivity contribution in [2.24, 2.45) is 0 Å². The normalized spacial score (nSPS) is 10.8. The number of rotatable bonds is 8. The van der Waals surface area contributed by atoms with E-state index in [1.807, 2.05) is 42.5 Å². The van der Waals surface area contributed by atoms with Crippen LogP contribution in [0.2, 0.25) is 0 Å². The standard InChI is InChI=1S/C24H25N5O2/c1-30-19-10-17(11-20(13-19)31-2)9-18-12-23-21(15-28-18)22(25)14-24(29-23)27-8-5-16-3-6-26-7-4-16/h3-4,6-7,10-15H,5,8-9H2,1-2H3,(H3,25,27,29). The fourth-order valence-corrected chi connectivity index (χ4v) is 3.44. The molecule has 0 aliphatic heterocycles. The van der Waals surface area contributed by atoms with Crippen LogP contribution in [0.3, 0.4) is 0 Å². The molecular formula is C24H25N5O2. The van der Waals surface area contributed by atoms with Crippen molar-refractivity contribution in [2.45, 2.75) is 12.8 Å². The molecule has 4 aromatic rings. The van der Waals surface area contributed by atoms with Crippen molar-refractivity contribution in [1.82, 2.24) is 15.0 Å². The number of nitrogens with one attached hydrogen (secondary N) is 1. The van der Waals surface area contributed by atoms with E-state index in [2.05, 4.69) is 15.3 Å². The summed E-state index contributed by atoms with van der Waals surface area (Å²) in [4.78, 5) is 13.4. The van der Waals surface area contributed by atoms with Crippen LogP contribution in [0.5, 0.6) is 11.5 Å². The number of nitrogen functional groups attached to an aromatic ring is 1. The minimum Gasteiger partial charge on any atom is -0.497 e. The van der Waals surface area contributed by atoms with E-state index in [1.54, 1.807) is 32.8 Å². The van der Waals surface area contributed by atoms with Gasteiger partial charge in [-0.1, -0.05) is 0 Å². The smallest absolute Gasteiger partial charge is 0.128 e. The molecule has 0 bridgehead atoms. The van der Waals surface area contributed by atoms with Gasteiger partial charge in [0.15, 0.2) is 0 Å². The fourth-order valence-electron chi connectivity index (χ4n) is 3.44. The Morgan fingerprint density at radius 3 is 2.39 bits per heavy atom. The quantitative estimate of drug-likeness (QED) is 0.451. The lowest BCUT2D eigenvalue weighted by Crippen LogP contribution is -2.07. The van der Waals surface area contributed by atoms with Crippen LogP contribution in [0.1, 0.15) is 16.8 Å². The Balaban J connectivity index is 1.53.